The molecule has 1 heterocycles. The van der Waals surface area contributed by atoms with E-state index in [0.29, 0.717) is 0 Å². The molecule has 1 nitrogen and oxygen atoms in total. The van der Waals surface area contributed by atoms with E-state index in [2.05, 4.69) is 189 Å². The highest BCUT2D eigenvalue weighted by atomic mass is 79.9. The van der Waals surface area contributed by atoms with Crippen LogP contribution in [0.25, 0.3) is 21.8 Å². The van der Waals surface area contributed by atoms with Crippen LogP contribution in [0.5, 0.6) is 0 Å². The van der Waals surface area contributed by atoms with Gasteiger partial charge in [-0.15, -0.1) is 0 Å². The van der Waals surface area contributed by atoms with Crippen LogP contribution in [-0.2, 0) is 19.4 Å². The first-order chi connectivity index (χ1) is 22.1. The van der Waals surface area contributed by atoms with E-state index < -0.39 is 0 Å². The Kier molecular flexibility index (Phi) is 8.74. The van der Waals surface area contributed by atoms with Gasteiger partial charge in [-0.2, -0.15) is 0 Å². The molecule has 0 N–H and O–H groups in total. The van der Waals surface area contributed by atoms with Crippen molar-refractivity contribution in [2.45, 2.75) is 38.1 Å². The summed E-state index contributed by atoms with van der Waals surface area (Å²) in [6.45, 7) is 3.19. The lowest BCUT2D eigenvalue weighted by Gasteiger charge is -2.19. The fourth-order valence-corrected chi connectivity index (χ4v) is 7.41. The van der Waals surface area contributed by atoms with Gasteiger partial charge in [0.1, 0.15) is 0 Å². The van der Waals surface area contributed by atoms with Gasteiger partial charge < -0.3 is 4.57 Å². The maximum Gasteiger partial charge on any atom is 0.0491 e. The van der Waals surface area contributed by atoms with Crippen molar-refractivity contribution < 1.29 is 0 Å². The number of rotatable bonds is 9. The minimum absolute atomic E-state index is 0.282. The Morgan fingerprint density at radius 3 is 1.22 bits per heavy atom. The molecule has 2 atom stereocenters. The SMILES string of the molecule is CCn1c2ccc(CC(c3ccccc3)c3ccc(Br)cc3)cc2c2cc(CC(c3ccccc3)c3ccc(Br)cc3)ccc21. The lowest BCUT2D eigenvalue weighted by atomic mass is 9.85. The van der Waals surface area contributed by atoms with Crippen molar-refractivity contribution in [3.05, 3.63) is 188 Å². The van der Waals surface area contributed by atoms with Crippen LogP contribution in [0.2, 0.25) is 0 Å². The zero-order valence-corrected chi connectivity index (χ0v) is 28.5. The summed E-state index contributed by atoms with van der Waals surface area (Å²) < 4.78 is 4.68. The van der Waals surface area contributed by atoms with E-state index in [9.17, 15) is 0 Å². The van der Waals surface area contributed by atoms with Crippen molar-refractivity contribution in [2.24, 2.45) is 0 Å². The molecule has 7 rings (SSSR count). The molecule has 0 spiro atoms. The van der Waals surface area contributed by atoms with Gasteiger partial charge in [-0.05, 0) is 102 Å². The van der Waals surface area contributed by atoms with Crippen LogP contribution < -0.4 is 0 Å². The summed E-state index contributed by atoms with van der Waals surface area (Å²) in [4.78, 5) is 0. The third kappa shape index (κ3) is 6.30. The zero-order valence-electron chi connectivity index (χ0n) is 25.3. The second kappa shape index (κ2) is 13.2. The summed E-state index contributed by atoms with van der Waals surface area (Å²) in [5.41, 5.74) is 10.7. The Balaban J connectivity index is 1.29. The Bertz CT molecular complexity index is 1900. The quantitative estimate of drug-likeness (QED) is 0.140. The van der Waals surface area contributed by atoms with Gasteiger partial charge in [0.05, 0.1) is 0 Å². The largest absolute Gasteiger partial charge is 0.341 e. The molecule has 0 radical (unpaired) electrons. The third-order valence-corrected chi connectivity index (χ3v) is 10.2. The summed E-state index contributed by atoms with van der Waals surface area (Å²) in [7, 11) is 0. The minimum Gasteiger partial charge on any atom is -0.341 e. The van der Waals surface area contributed by atoms with Crippen LogP contribution in [0.4, 0.5) is 0 Å². The van der Waals surface area contributed by atoms with Gasteiger partial charge >= 0.3 is 0 Å². The second-order valence-corrected chi connectivity index (χ2v) is 13.7. The normalized spacial score (nSPS) is 12.9. The molecule has 0 saturated heterocycles. The first-order valence-corrected chi connectivity index (χ1v) is 17.3. The highest BCUT2D eigenvalue weighted by Gasteiger charge is 2.19. The van der Waals surface area contributed by atoms with Crippen LogP contribution in [-0.4, -0.2) is 4.57 Å². The molecule has 45 heavy (non-hydrogen) atoms. The van der Waals surface area contributed by atoms with Crippen molar-refractivity contribution in [1.82, 2.24) is 4.57 Å². The number of hydrogen-bond acceptors (Lipinski definition) is 0. The van der Waals surface area contributed by atoms with Crippen LogP contribution >= 0.6 is 31.9 Å². The average molecular weight is 714 g/mol. The molecule has 0 amide bonds. The molecular formula is C42H35Br2N. The van der Waals surface area contributed by atoms with E-state index in [1.807, 2.05) is 0 Å². The van der Waals surface area contributed by atoms with E-state index in [-0.39, 0.29) is 11.8 Å². The molecule has 6 aromatic carbocycles. The Hall–Kier alpha value is -3.92. The van der Waals surface area contributed by atoms with Gasteiger partial charge in [-0.25, -0.2) is 0 Å². The second-order valence-electron chi connectivity index (χ2n) is 11.9. The summed E-state index contributed by atoms with van der Waals surface area (Å²) in [5.74, 6) is 0.564. The maximum atomic E-state index is 3.62. The van der Waals surface area contributed by atoms with Gasteiger partial charge in [-0.1, -0.05) is 129 Å². The topological polar surface area (TPSA) is 4.93 Å². The predicted molar refractivity (Wildman–Crippen MR) is 197 cm³/mol. The molecule has 222 valence electrons. The number of aryl methyl sites for hydroxylation is 1. The maximum absolute atomic E-state index is 3.62. The molecule has 1 aromatic heterocycles. The van der Waals surface area contributed by atoms with E-state index in [1.54, 1.807) is 0 Å². The molecule has 2 unspecified atom stereocenters. The predicted octanol–water partition coefficient (Wildman–Crippen LogP) is 12.1. The lowest BCUT2D eigenvalue weighted by Crippen LogP contribution is -2.05. The van der Waals surface area contributed by atoms with E-state index in [0.717, 1.165) is 28.3 Å². The Morgan fingerprint density at radius 1 is 0.467 bits per heavy atom. The molecule has 0 bridgehead atoms. The van der Waals surface area contributed by atoms with Gasteiger partial charge in [0.2, 0.25) is 0 Å². The van der Waals surface area contributed by atoms with Crippen molar-refractivity contribution in [3.63, 3.8) is 0 Å². The van der Waals surface area contributed by atoms with Crippen molar-refractivity contribution in [3.8, 4) is 0 Å². The van der Waals surface area contributed by atoms with Crippen LogP contribution in [0.15, 0.2) is 155 Å². The molecule has 3 heteroatoms. The van der Waals surface area contributed by atoms with E-state index >= 15 is 0 Å². The third-order valence-electron chi connectivity index (χ3n) is 9.14. The van der Waals surface area contributed by atoms with Crippen molar-refractivity contribution >= 4 is 53.7 Å². The van der Waals surface area contributed by atoms with Gasteiger partial charge in [0.15, 0.2) is 0 Å². The zero-order chi connectivity index (χ0) is 30.8. The smallest absolute Gasteiger partial charge is 0.0491 e. The fraction of sp³-hybridized carbons (Fsp3) is 0.143. The van der Waals surface area contributed by atoms with Crippen LogP contribution in [0, 0.1) is 0 Å². The Morgan fingerprint density at radius 2 is 0.844 bits per heavy atom. The molecule has 0 saturated carbocycles. The first-order valence-electron chi connectivity index (χ1n) is 15.7. The number of fused-ring (bicyclic) bond motifs is 3. The standard InChI is InChI=1S/C42H35Br2N/c1-2-45-41-23-13-29(25-37(31-9-5-3-6-10-31)33-15-19-35(43)20-16-33)27-39(41)40-28-30(14-24-42(40)45)26-38(32-11-7-4-8-12-32)34-17-21-36(44)22-18-34/h3-24,27-28,37-38H,2,25-26H2,1H3. The van der Waals surface area contributed by atoms with Crippen molar-refractivity contribution in [1.29, 1.82) is 0 Å². The molecule has 7 aromatic rings. The lowest BCUT2D eigenvalue weighted by molar-refractivity contribution is 0.803. The summed E-state index contributed by atoms with van der Waals surface area (Å²) in [6.07, 6.45) is 1.89. The summed E-state index contributed by atoms with van der Waals surface area (Å²) >= 11 is 7.24. The molecule has 0 fully saturated rings. The number of benzene rings is 6. The highest BCUT2D eigenvalue weighted by molar-refractivity contribution is 9.10. The molecular weight excluding hydrogens is 678 g/mol. The van der Waals surface area contributed by atoms with Gasteiger partial charge in [0, 0.05) is 49.1 Å². The van der Waals surface area contributed by atoms with E-state index in [4.69, 9.17) is 0 Å². The van der Waals surface area contributed by atoms with Crippen LogP contribution in [0.3, 0.4) is 0 Å². The number of nitrogens with zero attached hydrogens (tertiary/aromatic N) is 1. The number of hydrogen-bond donors (Lipinski definition) is 0. The number of halogens is 2. The van der Waals surface area contributed by atoms with E-state index in [1.165, 1.54) is 55.2 Å². The summed E-state index contributed by atoms with van der Waals surface area (Å²) in [5, 5.41) is 2.68. The number of aromatic nitrogens is 1. The van der Waals surface area contributed by atoms with Crippen molar-refractivity contribution in [2.75, 3.05) is 0 Å². The fourth-order valence-electron chi connectivity index (χ4n) is 6.88. The average Bonchev–Trinajstić information content (AvgIpc) is 3.40. The van der Waals surface area contributed by atoms with Crippen LogP contribution in [0.1, 0.15) is 52.1 Å². The molecule has 0 aliphatic heterocycles. The van der Waals surface area contributed by atoms with Gasteiger partial charge in [0.25, 0.3) is 0 Å². The first kappa shape index (κ1) is 29.8. The minimum atomic E-state index is 0.282. The molecule has 0 aliphatic carbocycles. The summed E-state index contributed by atoms with van der Waals surface area (Å²) in [6, 6.07) is 53.7. The highest BCUT2D eigenvalue weighted by Crippen LogP contribution is 2.36. The van der Waals surface area contributed by atoms with Gasteiger partial charge in [-0.3, -0.25) is 0 Å². The Labute approximate surface area is 282 Å². The monoisotopic (exact) mass is 711 g/mol. The molecule has 0 aliphatic rings.